The van der Waals surface area contributed by atoms with Gasteiger partial charge in [0, 0.05) is 17.7 Å². The van der Waals surface area contributed by atoms with Gasteiger partial charge in [-0.2, -0.15) is 18.2 Å². The lowest BCUT2D eigenvalue weighted by atomic mass is 10.2. The van der Waals surface area contributed by atoms with E-state index in [1.165, 1.54) is 0 Å². The third kappa shape index (κ3) is 3.22. The average Bonchev–Trinajstić information content (AvgIpc) is 2.75. The van der Waals surface area contributed by atoms with Crippen LogP contribution in [0.2, 0.25) is 0 Å². The van der Waals surface area contributed by atoms with Gasteiger partial charge in [-0.1, -0.05) is 5.16 Å². The van der Waals surface area contributed by atoms with Gasteiger partial charge in [0.1, 0.15) is 0 Å². The number of hydrogen-bond donors (Lipinski definition) is 1. The second-order valence-corrected chi connectivity index (χ2v) is 3.75. The van der Waals surface area contributed by atoms with Crippen molar-refractivity contribution in [2.45, 2.75) is 19.0 Å². The van der Waals surface area contributed by atoms with Gasteiger partial charge < -0.3 is 10.3 Å². The Labute approximate surface area is 101 Å². The Morgan fingerprint density at radius 1 is 1.17 bits per heavy atom. The molecule has 0 saturated carbocycles. The van der Waals surface area contributed by atoms with Crippen LogP contribution in [0.1, 0.15) is 12.2 Å². The SMILES string of the molecule is Nc1ccc(-c2nc(CCC(F)(F)F)no2)cc1. The van der Waals surface area contributed by atoms with Crippen molar-refractivity contribution >= 4 is 5.69 Å². The largest absolute Gasteiger partial charge is 0.399 e. The smallest absolute Gasteiger partial charge is 0.389 e. The van der Waals surface area contributed by atoms with Crippen LogP contribution in [0.4, 0.5) is 18.9 Å². The van der Waals surface area contributed by atoms with Crippen molar-refractivity contribution in [1.82, 2.24) is 10.1 Å². The lowest BCUT2D eigenvalue weighted by Gasteiger charge is -2.01. The van der Waals surface area contributed by atoms with E-state index in [4.69, 9.17) is 10.3 Å². The lowest BCUT2D eigenvalue weighted by molar-refractivity contribution is -0.134. The molecule has 0 atom stereocenters. The highest BCUT2D eigenvalue weighted by Gasteiger charge is 2.27. The number of nitrogens with zero attached hydrogens (tertiary/aromatic N) is 2. The van der Waals surface area contributed by atoms with Gasteiger partial charge in [-0.25, -0.2) is 0 Å². The lowest BCUT2D eigenvalue weighted by Crippen LogP contribution is -2.09. The van der Waals surface area contributed by atoms with Crippen molar-refractivity contribution in [3.8, 4) is 11.5 Å². The summed E-state index contributed by atoms with van der Waals surface area (Å²) in [5, 5.41) is 3.50. The van der Waals surface area contributed by atoms with Crippen molar-refractivity contribution in [3.63, 3.8) is 0 Å². The van der Waals surface area contributed by atoms with Crippen molar-refractivity contribution in [2.24, 2.45) is 0 Å². The van der Waals surface area contributed by atoms with Crippen LogP contribution in [0.3, 0.4) is 0 Å². The molecule has 1 heterocycles. The molecule has 0 aliphatic carbocycles. The van der Waals surface area contributed by atoms with E-state index in [-0.39, 0.29) is 18.1 Å². The highest BCUT2D eigenvalue weighted by atomic mass is 19.4. The summed E-state index contributed by atoms with van der Waals surface area (Å²) in [4.78, 5) is 3.89. The standard InChI is InChI=1S/C11H10F3N3O/c12-11(13,14)6-5-9-16-10(18-17-9)7-1-3-8(15)4-2-7/h1-4H,5-6,15H2. The van der Waals surface area contributed by atoms with Crippen molar-refractivity contribution in [3.05, 3.63) is 30.1 Å². The highest BCUT2D eigenvalue weighted by Crippen LogP contribution is 2.23. The molecule has 0 spiro atoms. The number of benzene rings is 1. The zero-order valence-corrected chi connectivity index (χ0v) is 9.24. The van der Waals surface area contributed by atoms with Gasteiger partial charge in [-0.15, -0.1) is 0 Å². The molecular formula is C11H10F3N3O. The first kappa shape index (κ1) is 12.4. The molecule has 0 aliphatic heterocycles. The van der Waals surface area contributed by atoms with Gasteiger partial charge in [0.25, 0.3) is 5.89 Å². The molecule has 2 rings (SSSR count). The molecule has 1 aromatic carbocycles. The van der Waals surface area contributed by atoms with E-state index < -0.39 is 12.6 Å². The number of rotatable bonds is 3. The summed E-state index contributed by atoms with van der Waals surface area (Å²) in [6.45, 7) is 0. The van der Waals surface area contributed by atoms with Crippen LogP contribution in [-0.4, -0.2) is 16.3 Å². The summed E-state index contributed by atoms with van der Waals surface area (Å²) < 4.78 is 40.9. The Hall–Kier alpha value is -2.05. The van der Waals surface area contributed by atoms with Gasteiger partial charge in [-0.3, -0.25) is 0 Å². The van der Waals surface area contributed by atoms with Crippen molar-refractivity contribution in [2.75, 3.05) is 5.73 Å². The second-order valence-electron chi connectivity index (χ2n) is 3.75. The first-order valence-electron chi connectivity index (χ1n) is 5.19. The Balaban J connectivity index is 2.08. The Morgan fingerprint density at radius 3 is 2.44 bits per heavy atom. The topological polar surface area (TPSA) is 64.9 Å². The summed E-state index contributed by atoms with van der Waals surface area (Å²) in [7, 11) is 0. The van der Waals surface area contributed by atoms with Crippen LogP contribution in [0, 0.1) is 0 Å². The number of aromatic nitrogens is 2. The molecule has 18 heavy (non-hydrogen) atoms. The van der Waals surface area contributed by atoms with E-state index in [1.807, 2.05) is 0 Å². The molecule has 0 saturated heterocycles. The molecule has 0 bridgehead atoms. The minimum absolute atomic E-state index is 0.0409. The molecule has 4 nitrogen and oxygen atoms in total. The maximum absolute atomic E-state index is 12.0. The molecule has 0 amide bonds. The predicted octanol–water partition coefficient (Wildman–Crippen LogP) is 2.81. The zero-order chi connectivity index (χ0) is 13.2. The highest BCUT2D eigenvalue weighted by molar-refractivity contribution is 5.56. The number of anilines is 1. The summed E-state index contributed by atoms with van der Waals surface area (Å²) in [6, 6.07) is 6.62. The summed E-state index contributed by atoms with van der Waals surface area (Å²) in [6.07, 6.45) is -5.47. The number of halogens is 3. The molecular weight excluding hydrogens is 247 g/mol. The zero-order valence-electron chi connectivity index (χ0n) is 9.24. The second kappa shape index (κ2) is 4.67. The van der Waals surface area contributed by atoms with Gasteiger partial charge in [0.2, 0.25) is 0 Å². The molecule has 7 heteroatoms. The third-order valence-corrected chi connectivity index (χ3v) is 2.26. The third-order valence-electron chi connectivity index (χ3n) is 2.26. The minimum Gasteiger partial charge on any atom is -0.399 e. The van der Waals surface area contributed by atoms with Crippen molar-refractivity contribution in [1.29, 1.82) is 0 Å². The summed E-state index contributed by atoms with van der Waals surface area (Å²) in [5.74, 6) is 0.228. The van der Waals surface area contributed by atoms with Crippen LogP contribution in [0.15, 0.2) is 28.8 Å². The van der Waals surface area contributed by atoms with Gasteiger partial charge >= 0.3 is 6.18 Å². The van der Waals surface area contributed by atoms with Crippen LogP contribution in [0.5, 0.6) is 0 Å². The van der Waals surface area contributed by atoms with Crippen LogP contribution < -0.4 is 5.73 Å². The summed E-state index contributed by atoms with van der Waals surface area (Å²) >= 11 is 0. The number of nitrogen functional groups attached to an aromatic ring is 1. The predicted molar refractivity (Wildman–Crippen MR) is 58.5 cm³/mol. The van der Waals surface area contributed by atoms with Gasteiger partial charge in [-0.05, 0) is 24.3 Å². The van der Waals surface area contributed by atoms with Crippen LogP contribution in [0.25, 0.3) is 11.5 Å². The fourth-order valence-electron chi connectivity index (χ4n) is 1.35. The monoisotopic (exact) mass is 257 g/mol. The molecule has 0 radical (unpaired) electrons. The van der Waals surface area contributed by atoms with Crippen LogP contribution >= 0.6 is 0 Å². The van der Waals surface area contributed by atoms with E-state index >= 15 is 0 Å². The van der Waals surface area contributed by atoms with Gasteiger partial charge in [0.05, 0.1) is 6.42 Å². The Bertz CT molecular complexity index is 519. The fourth-order valence-corrected chi connectivity index (χ4v) is 1.35. The van der Waals surface area contributed by atoms with E-state index in [0.29, 0.717) is 11.3 Å². The average molecular weight is 257 g/mol. The molecule has 2 N–H and O–H groups in total. The molecule has 0 aliphatic rings. The Morgan fingerprint density at radius 2 is 1.83 bits per heavy atom. The molecule has 1 aromatic heterocycles. The first-order valence-corrected chi connectivity index (χ1v) is 5.19. The van der Waals surface area contributed by atoms with Crippen molar-refractivity contribution < 1.29 is 17.7 Å². The number of hydrogen-bond acceptors (Lipinski definition) is 4. The number of alkyl halides is 3. The molecule has 0 unspecified atom stereocenters. The maximum atomic E-state index is 12.0. The van der Waals surface area contributed by atoms with E-state index in [0.717, 1.165) is 0 Å². The molecule has 2 aromatic rings. The quantitative estimate of drug-likeness (QED) is 0.858. The maximum Gasteiger partial charge on any atom is 0.389 e. The summed E-state index contributed by atoms with van der Waals surface area (Å²) in [5.41, 5.74) is 6.71. The number of aryl methyl sites for hydroxylation is 1. The normalized spacial score (nSPS) is 11.7. The molecule has 0 fully saturated rings. The van der Waals surface area contributed by atoms with E-state index in [2.05, 4.69) is 10.1 Å². The number of nitrogens with two attached hydrogens (primary N) is 1. The van der Waals surface area contributed by atoms with Crippen LogP contribution in [-0.2, 0) is 6.42 Å². The van der Waals surface area contributed by atoms with E-state index in [1.54, 1.807) is 24.3 Å². The van der Waals surface area contributed by atoms with Gasteiger partial charge in [0.15, 0.2) is 5.82 Å². The molecule has 96 valence electrons. The fraction of sp³-hybridized carbons (Fsp3) is 0.273. The first-order chi connectivity index (χ1) is 8.44. The van der Waals surface area contributed by atoms with E-state index in [9.17, 15) is 13.2 Å². The Kier molecular flexibility index (Phi) is 3.22. The minimum atomic E-state index is -4.22.